The summed E-state index contributed by atoms with van der Waals surface area (Å²) in [5.74, 6) is -0.483. The predicted molar refractivity (Wildman–Crippen MR) is 101 cm³/mol. The Hall–Kier alpha value is -3.14. The Morgan fingerprint density at radius 2 is 1.88 bits per heavy atom. The van der Waals surface area contributed by atoms with Crippen LogP contribution in [-0.2, 0) is 17.8 Å². The van der Waals surface area contributed by atoms with E-state index < -0.39 is 5.97 Å². The minimum absolute atomic E-state index is 0.173. The molecule has 132 valence electrons. The Bertz CT molecular complexity index is 926. The average Bonchev–Trinajstić information content (AvgIpc) is 3.05. The van der Waals surface area contributed by atoms with E-state index in [1.165, 1.54) is 0 Å². The van der Waals surface area contributed by atoms with E-state index in [0.29, 0.717) is 18.3 Å². The van der Waals surface area contributed by atoms with Crippen molar-refractivity contribution in [3.63, 3.8) is 0 Å². The summed E-state index contributed by atoms with van der Waals surface area (Å²) in [5, 5.41) is 0. The maximum absolute atomic E-state index is 12.7. The lowest BCUT2D eigenvalue weighted by Crippen LogP contribution is -2.09. The third kappa shape index (κ3) is 3.59. The van der Waals surface area contributed by atoms with Crippen molar-refractivity contribution in [3.8, 4) is 11.3 Å². The van der Waals surface area contributed by atoms with Crippen molar-refractivity contribution in [2.75, 3.05) is 0 Å². The molecule has 4 nitrogen and oxygen atoms in total. The smallest absolute Gasteiger partial charge is 0.341 e. The molecule has 0 aliphatic rings. The molecule has 3 aromatic rings. The van der Waals surface area contributed by atoms with E-state index in [1.54, 1.807) is 0 Å². The topological polar surface area (TPSA) is 59.2 Å². The van der Waals surface area contributed by atoms with E-state index in [1.807, 2.05) is 68.4 Å². The number of aldehydes is 1. The highest BCUT2D eigenvalue weighted by molar-refractivity contribution is 6.01. The number of esters is 1. The fraction of sp³-hybridized carbons (Fsp3) is 0.182. The lowest BCUT2D eigenvalue weighted by molar-refractivity contribution is 0.0470. The van der Waals surface area contributed by atoms with Crippen molar-refractivity contribution in [2.45, 2.75) is 26.9 Å². The number of aromatic amines is 1. The zero-order valence-corrected chi connectivity index (χ0v) is 14.9. The number of rotatable bonds is 6. The molecule has 0 radical (unpaired) electrons. The number of hydrogen-bond donors (Lipinski definition) is 1. The van der Waals surface area contributed by atoms with E-state index in [-0.39, 0.29) is 12.3 Å². The molecule has 1 N–H and O–H groups in total. The highest BCUT2D eigenvalue weighted by atomic mass is 16.5. The summed E-state index contributed by atoms with van der Waals surface area (Å²) >= 11 is 0. The van der Waals surface area contributed by atoms with E-state index in [0.717, 1.165) is 27.9 Å². The average molecular weight is 347 g/mol. The summed E-state index contributed by atoms with van der Waals surface area (Å²) < 4.78 is 5.45. The molecule has 0 bridgehead atoms. The highest BCUT2D eigenvalue weighted by Gasteiger charge is 2.24. The molecular formula is C22H21NO3. The third-order valence-corrected chi connectivity index (χ3v) is 4.33. The van der Waals surface area contributed by atoms with Crippen molar-refractivity contribution in [1.29, 1.82) is 0 Å². The molecule has 4 heteroatoms. The number of carbonyl (C=O) groups is 2. The zero-order chi connectivity index (χ0) is 18.5. The van der Waals surface area contributed by atoms with Crippen molar-refractivity contribution < 1.29 is 14.3 Å². The summed E-state index contributed by atoms with van der Waals surface area (Å²) in [6, 6.07) is 17.4. The van der Waals surface area contributed by atoms with Crippen molar-refractivity contribution in [3.05, 3.63) is 82.5 Å². The van der Waals surface area contributed by atoms with Gasteiger partial charge in [-0.2, -0.15) is 0 Å². The molecular weight excluding hydrogens is 326 g/mol. The van der Waals surface area contributed by atoms with Gasteiger partial charge in [0.2, 0.25) is 0 Å². The summed E-state index contributed by atoms with van der Waals surface area (Å²) in [6.07, 6.45) is 1.29. The van der Waals surface area contributed by atoms with E-state index in [4.69, 9.17) is 4.74 Å². The van der Waals surface area contributed by atoms with Crippen LogP contribution in [0, 0.1) is 6.92 Å². The second kappa shape index (κ2) is 7.83. The first-order valence-corrected chi connectivity index (χ1v) is 8.62. The first-order valence-electron chi connectivity index (χ1n) is 8.62. The Morgan fingerprint density at radius 1 is 1.12 bits per heavy atom. The van der Waals surface area contributed by atoms with Crippen molar-refractivity contribution in [2.24, 2.45) is 0 Å². The number of H-pyrrole nitrogens is 1. The van der Waals surface area contributed by atoms with Gasteiger partial charge in [-0.3, -0.25) is 4.79 Å². The van der Waals surface area contributed by atoms with Crippen LogP contribution in [0.15, 0.2) is 54.6 Å². The van der Waals surface area contributed by atoms with Gasteiger partial charge in [0, 0.05) is 0 Å². The molecule has 1 aromatic heterocycles. The Labute approximate surface area is 152 Å². The van der Waals surface area contributed by atoms with Crippen LogP contribution in [-0.4, -0.2) is 17.2 Å². The number of carbonyl (C=O) groups excluding carboxylic acids is 2. The van der Waals surface area contributed by atoms with Gasteiger partial charge in [-0.15, -0.1) is 0 Å². The van der Waals surface area contributed by atoms with Crippen LogP contribution >= 0.6 is 0 Å². The molecule has 0 spiro atoms. The van der Waals surface area contributed by atoms with Crippen LogP contribution in [0.25, 0.3) is 11.3 Å². The minimum Gasteiger partial charge on any atom is -0.457 e. The minimum atomic E-state index is -0.483. The van der Waals surface area contributed by atoms with Gasteiger partial charge in [0.05, 0.1) is 17.0 Å². The molecule has 1 heterocycles. The summed E-state index contributed by atoms with van der Waals surface area (Å²) in [7, 11) is 0. The summed E-state index contributed by atoms with van der Waals surface area (Å²) in [4.78, 5) is 27.3. The fourth-order valence-electron chi connectivity index (χ4n) is 3.08. The molecule has 0 aliphatic heterocycles. The maximum Gasteiger partial charge on any atom is 0.341 e. The van der Waals surface area contributed by atoms with Gasteiger partial charge in [-0.1, -0.05) is 61.0 Å². The van der Waals surface area contributed by atoms with Crippen LogP contribution < -0.4 is 0 Å². The quantitative estimate of drug-likeness (QED) is 0.518. The molecule has 26 heavy (non-hydrogen) atoms. The normalized spacial score (nSPS) is 10.5. The largest absolute Gasteiger partial charge is 0.457 e. The zero-order valence-electron chi connectivity index (χ0n) is 14.9. The standard InChI is InChI=1S/C22H21NO3/c1-3-18-20(22(25)26-14-16-9-5-4-6-10-16)19(13-24)23-21(18)17-11-7-8-15(2)12-17/h4-13,23H,3,14H2,1-2H3. The fourth-order valence-corrected chi connectivity index (χ4v) is 3.08. The number of aromatic nitrogens is 1. The highest BCUT2D eigenvalue weighted by Crippen LogP contribution is 2.29. The van der Waals surface area contributed by atoms with Crippen molar-refractivity contribution in [1.82, 2.24) is 4.98 Å². The molecule has 0 atom stereocenters. The van der Waals surface area contributed by atoms with Gasteiger partial charge in [0.25, 0.3) is 0 Å². The third-order valence-electron chi connectivity index (χ3n) is 4.33. The molecule has 0 saturated heterocycles. The molecule has 0 fully saturated rings. The molecule has 0 aliphatic carbocycles. The van der Waals surface area contributed by atoms with Gasteiger partial charge in [-0.25, -0.2) is 4.79 Å². The van der Waals surface area contributed by atoms with Crippen LogP contribution in [0.4, 0.5) is 0 Å². The van der Waals surface area contributed by atoms with Crippen LogP contribution in [0.1, 0.15) is 44.5 Å². The second-order valence-corrected chi connectivity index (χ2v) is 6.17. The lowest BCUT2D eigenvalue weighted by Gasteiger charge is -2.07. The van der Waals surface area contributed by atoms with Crippen LogP contribution in [0.2, 0.25) is 0 Å². The number of ether oxygens (including phenoxy) is 1. The van der Waals surface area contributed by atoms with Gasteiger partial charge in [0.1, 0.15) is 6.61 Å². The predicted octanol–water partition coefficient (Wildman–Crippen LogP) is 4.72. The summed E-state index contributed by atoms with van der Waals surface area (Å²) in [6.45, 7) is 4.14. The SMILES string of the molecule is CCc1c(-c2cccc(C)c2)[nH]c(C=O)c1C(=O)OCc1ccccc1. The second-order valence-electron chi connectivity index (χ2n) is 6.17. The van der Waals surface area contributed by atoms with Crippen LogP contribution in [0.3, 0.4) is 0 Å². The number of benzene rings is 2. The van der Waals surface area contributed by atoms with Crippen molar-refractivity contribution >= 4 is 12.3 Å². The number of nitrogens with one attached hydrogen (secondary N) is 1. The molecule has 3 rings (SSSR count). The Balaban J connectivity index is 1.95. The van der Waals surface area contributed by atoms with E-state index >= 15 is 0 Å². The monoisotopic (exact) mass is 347 g/mol. The van der Waals surface area contributed by atoms with Crippen LogP contribution in [0.5, 0.6) is 0 Å². The Morgan fingerprint density at radius 3 is 2.54 bits per heavy atom. The van der Waals surface area contributed by atoms with E-state index in [2.05, 4.69) is 4.98 Å². The maximum atomic E-state index is 12.7. The lowest BCUT2D eigenvalue weighted by atomic mass is 10.0. The first-order chi connectivity index (χ1) is 12.6. The van der Waals surface area contributed by atoms with E-state index in [9.17, 15) is 9.59 Å². The van der Waals surface area contributed by atoms with Gasteiger partial charge < -0.3 is 9.72 Å². The van der Waals surface area contributed by atoms with Gasteiger partial charge in [0.15, 0.2) is 6.29 Å². The Kier molecular flexibility index (Phi) is 5.32. The molecule has 2 aromatic carbocycles. The molecule has 0 amide bonds. The summed E-state index contributed by atoms with van der Waals surface area (Å²) in [5.41, 5.74) is 5.15. The van der Waals surface area contributed by atoms with Gasteiger partial charge >= 0.3 is 5.97 Å². The first kappa shape index (κ1) is 17.7. The number of aryl methyl sites for hydroxylation is 1. The number of hydrogen-bond acceptors (Lipinski definition) is 3. The molecule has 0 saturated carbocycles. The molecule has 0 unspecified atom stereocenters. The van der Waals surface area contributed by atoms with Gasteiger partial charge in [-0.05, 0) is 36.1 Å².